The van der Waals surface area contributed by atoms with E-state index in [1.165, 1.54) is 0 Å². The van der Waals surface area contributed by atoms with Gasteiger partial charge in [0.05, 0.1) is 5.92 Å². The summed E-state index contributed by atoms with van der Waals surface area (Å²) in [5, 5.41) is 2.99. The SMILES string of the molecule is CCN(CC)CCCNC(=O)C(C)C(N)c1ccccc1.Cl.Cl. The molecule has 1 amide bonds. The quantitative estimate of drug-likeness (QED) is 0.663. The van der Waals surface area contributed by atoms with E-state index < -0.39 is 0 Å². The second kappa shape index (κ2) is 13.6. The van der Waals surface area contributed by atoms with E-state index in [1.807, 2.05) is 37.3 Å². The molecule has 0 aromatic heterocycles. The zero-order valence-electron chi connectivity index (χ0n) is 14.3. The Bertz CT molecular complexity index is 414. The van der Waals surface area contributed by atoms with Crippen molar-refractivity contribution in [2.24, 2.45) is 11.7 Å². The van der Waals surface area contributed by atoms with Gasteiger partial charge in [-0.3, -0.25) is 4.79 Å². The molecule has 134 valence electrons. The maximum atomic E-state index is 12.1. The fourth-order valence-corrected chi connectivity index (χ4v) is 2.34. The number of hydrogen-bond donors (Lipinski definition) is 2. The number of carbonyl (C=O) groups excluding carboxylic acids is 1. The number of rotatable bonds is 9. The van der Waals surface area contributed by atoms with Crippen LogP contribution < -0.4 is 11.1 Å². The smallest absolute Gasteiger partial charge is 0.224 e. The van der Waals surface area contributed by atoms with Gasteiger partial charge in [0.2, 0.25) is 5.91 Å². The summed E-state index contributed by atoms with van der Waals surface area (Å²) in [4.78, 5) is 14.5. The number of hydrogen-bond acceptors (Lipinski definition) is 3. The van der Waals surface area contributed by atoms with Crippen LogP contribution in [0.3, 0.4) is 0 Å². The van der Waals surface area contributed by atoms with Crippen LogP contribution in [0.4, 0.5) is 0 Å². The summed E-state index contributed by atoms with van der Waals surface area (Å²) in [6.45, 7) is 10.0. The van der Waals surface area contributed by atoms with Crippen molar-refractivity contribution in [1.29, 1.82) is 0 Å². The molecule has 0 heterocycles. The highest BCUT2D eigenvalue weighted by atomic mass is 35.5. The van der Waals surface area contributed by atoms with E-state index in [0.29, 0.717) is 6.54 Å². The van der Waals surface area contributed by atoms with Gasteiger partial charge in [-0.15, -0.1) is 24.8 Å². The Balaban J connectivity index is 0. The van der Waals surface area contributed by atoms with Gasteiger partial charge in [0.15, 0.2) is 0 Å². The number of benzene rings is 1. The third-order valence-electron chi connectivity index (χ3n) is 3.98. The first-order valence-electron chi connectivity index (χ1n) is 7.90. The van der Waals surface area contributed by atoms with Crippen LogP contribution in [0, 0.1) is 5.92 Å². The minimum Gasteiger partial charge on any atom is -0.356 e. The summed E-state index contributed by atoms with van der Waals surface area (Å²) >= 11 is 0. The Kier molecular flexibility index (Phi) is 14.5. The Morgan fingerprint density at radius 3 is 2.26 bits per heavy atom. The fourth-order valence-electron chi connectivity index (χ4n) is 2.34. The largest absolute Gasteiger partial charge is 0.356 e. The van der Waals surface area contributed by atoms with Crippen molar-refractivity contribution < 1.29 is 4.79 Å². The molecule has 1 aromatic carbocycles. The second-order valence-corrected chi connectivity index (χ2v) is 5.40. The van der Waals surface area contributed by atoms with E-state index in [4.69, 9.17) is 5.73 Å². The molecule has 1 rings (SSSR count). The number of carbonyl (C=O) groups is 1. The number of nitrogens with one attached hydrogen (secondary N) is 1. The number of halogens is 2. The summed E-state index contributed by atoms with van der Waals surface area (Å²) in [6.07, 6.45) is 0.973. The van der Waals surface area contributed by atoms with E-state index in [-0.39, 0.29) is 42.7 Å². The van der Waals surface area contributed by atoms with Crippen molar-refractivity contribution in [3.63, 3.8) is 0 Å². The van der Waals surface area contributed by atoms with E-state index in [1.54, 1.807) is 0 Å². The lowest BCUT2D eigenvalue weighted by atomic mass is 9.95. The molecular formula is C17H31Cl2N3O. The molecule has 0 aliphatic rings. The molecule has 0 fully saturated rings. The zero-order chi connectivity index (χ0) is 15.7. The van der Waals surface area contributed by atoms with Crippen LogP contribution >= 0.6 is 24.8 Å². The average Bonchev–Trinajstić information content (AvgIpc) is 2.54. The molecule has 23 heavy (non-hydrogen) atoms. The molecule has 0 spiro atoms. The summed E-state index contributed by atoms with van der Waals surface area (Å²) in [6, 6.07) is 9.53. The van der Waals surface area contributed by atoms with E-state index in [9.17, 15) is 4.79 Å². The van der Waals surface area contributed by atoms with Gasteiger partial charge in [0, 0.05) is 12.6 Å². The van der Waals surface area contributed by atoms with E-state index >= 15 is 0 Å². The summed E-state index contributed by atoms with van der Waals surface area (Å²) < 4.78 is 0. The predicted octanol–water partition coefficient (Wildman–Crippen LogP) is 3.01. The van der Waals surface area contributed by atoms with Crippen LogP contribution in [0.5, 0.6) is 0 Å². The first kappa shape index (κ1) is 24.4. The van der Waals surface area contributed by atoms with Crippen LogP contribution in [0.15, 0.2) is 30.3 Å². The highest BCUT2D eigenvalue weighted by molar-refractivity contribution is 5.85. The maximum absolute atomic E-state index is 12.1. The monoisotopic (exact) mass is 363 g/mol. The van der Waals surface area contributed by atoms with Crippen molar-refractivity contribution in [1.82, 2.24) is 10.2 Å². The zero-order valence-corrected chi connectivity index (χ0v) is 16.0. The van der Waals surface area contributed by atoms with Gasteiger partial charge in [-0.25, -0.2) is 0 Å². The highest BCUT2D eigenvalue weighted by Crippen LogP contribution is 2.18. The molecule has 0 bridgehead atoms. The number of nitrogens with zero attached hydrogens (tertiary/aromatic N) is 1. The third kappa shape index (κ3) is 8.56. The first-order chi connectivity index (χ1) is 10.1. The predicted molar refractivity (Wildman–Crippen MR) is 102 cm³/mol. The minimum atomic E-state index is -0.256. The van der Waals surface area contributed by atoms with Gasteiger partial charge in [0.1, 0.15) is 0 Å². The third-order valence-corrected chi connectivity index (χ3v) is 3.98. The molecule has 2 unspecified atom stereocenters. The number of nitrogens with two attached hydrogens (primary N) is 1. The van der Waals surface area contributed by atoms with E-state index in [2.05, 4.69) is 24.1 Å². The standard InChI is InChI=1S/C17H29N3O.2ClH/c1-4-20(5-2)13-9-12-19-17(21)14(3)16(18)15-10-7-6-8-11-15;;/h6-8,10-11,14,16H,4-5,9,12-13,18H2,1-3H3,(H,19,21);2*1H. The lowest BCUT2D eigenvalue weighted by Crippen LogP contribution is -2.37. The molecule has 1 aromatic rings. The highest BCUT2D eigenvalue weighted by Gasteiger charge is 2.21. The van der Waals surface area contributed by atoms with Crippen molar-refractivity contribution >= 4 is 30.7 Å². The summed E-state index contributed by atoms with van der Waals surface area (Å²) in [5.41, 5.74) is 7.17. The second-order valence-electron chi connectivity index (χ2n) is 5.40. The van der Waals surface area contributed by atoms with E-state index in [0.717, 1.165) is 31.6 Å². The van der Waals surface area contributed by atoms with Crippen molar-refractivity contribution in [2.45, 2.75) is 33.2 Å². The van der Waals surface area contributed by atoms with Crippen molar-refractivity contribution in [2.75, 3.05) is 26.2 Å². The Morgan fingerprint density at radius 2 is 1.74 bits per heavy atom. The minimum absolute atomic E-state index is 0. The van der Waals surface area contributed by atoms with Crippen LogP contribution in [-0.2, 0) is 4.79 Å². The lowest BCUT2D eigenvalue weighted by Gasteiger charge is -2.21. The Morgan fingerprint density at radius 1 is 1.17 bits per heavy atom. The first-order valence-corrected chi connectivity index (χ1v) is 7.90. The van der Waals surface area contributed by atoms with Crippen molar-refractivity contribution in [3.8, 4) is 0 Å². The molecule has 3 N–H and O–H groups in total. The van der Waals surface area contributed by atoms with Crippen LogP contribution in [0.1, 0.15) is 38.8 Å². The van der Waals surface area contributed by atoms with Gasteiger partial charge in [-0.05, 0) is 31.6 Å². The maximum Gasteiger partial charge on any atom is 0.224 e. The normalized spacial score (nSPS) is 12.7. The van der Waals surface area contributed by atoms with Gasteiger partial charge < -0.3 is 16.0 Å². The number of amides is 1. The van der Waals surface area contributed by atoms with Gasteiger partial charge in [-0.1, -0.05) is 51.1 Å². The van der Waals surface area contributed by atoms with Crippen LogP contribution in [-0.4, -0.2) is 37.0 Å². The Labute approximate surface area is 153 Å². The molecule has 6 heteroatoms. The van der Waals surface area contributed by atoms with Crippen LogP contribution in [0.2, 0.25) is 0 Å². The molecule has 0 aliphatic heterocycles. The van der Waals surface area contributed by atoms with Crippen LogP contribution in [0.25, 0.3) is 0 Å². The lowest BCUT2D eigenvalue weighted by molar-refractivity contribution is -0.125. The topological polar surface area (TPSA) is 58.4 Å². The molecule has 0 saturated heterocycles. The molecule has 0 saturated carbocycles. The van der Waals surface area contributed by atoms with Gasteiger partial charge in [0.25, 0.3) is 0 Å². The van der Waals surface area contributed by atoms with Gasteiger partial charge >= 0.3 is 0 Å². The Hall–Kier alpha value is -0.810. The summed E-state index contributed by atoms with van der Waals surface area (Å²) in [5.74, 6) is -0.188. The average molecular weight is 364 g/mol. The fraction of sp³-hybridized carbons (Fsp3) is 0.588. The molecular weight excluding hydrogens is 333 g/mol. The molecule has 4 nitrogen and oxygen atoms in total. The molecule has 0 radical (unpaired) electrons. The molecule has 0 aliphatic carbocycles. The molecule has 2 atom stereocenters. The van der Waals surface area contributed by atoms with Gasteiger partial charge in [-0.2, -0.15) is 0 Å². The summed E-state index contributed by atoms with van der Waals surface area (Å²) in [7, 11) is 0. The van der Waals surface area contributed by atoms with Crippen molar-refractivity contribution in [3.05, 3.63) is 35.9 Å².